The lowest BCUT2D eigenvalue weighted by molar-refractivity contribution is -0.121. The van der Waals surface area contributed by atoms with Crippen molar-refractivity contribution in [1.29, 1.82) is 0 Å². The minimum absolute atomic E-state index is 0.0510. The number of benzene rings is 2. The van der Waals surface area contributed by atoms with Gasteiger partial charge in [-0.15, -0.1) is 0 Å². The first-order valence-corrected chi connectivity index (χ1v) is 11.5. The van der Waals surface area contributed by atoms with E-state index in [-0.39, 0.29) is 29.6 Å². The average molecular weight is 482 g/mol. The molecule has 0 unspecified atom stereocenters. The molecule has 186 valence electrons. The number of carbonyl (C=O) groups excluding carboxylic acids is 2. The Morgan fingerprint density at radius 1 is 1.14 bits per heavy atom. The molecule has 0 radical (unpaired) electrons. The highest BCUT2D eigenvalue weighted by molar-refractivity contribution is 5.93. The molecule has 0 saturated heterocycles. The maximum absolute atomic E-state index is 14.3. The summed E-state index contributed by atoms with van der Waals surface area (Å²) < 4.78 is 20.9. The fourth-order valence-corrected chi connectivity index (χ4v) is 3.75. The summed E-state index contributed by atoms with van der Waals surface area (Å²) in [5.74, 6) is -0.935. The molecule has 1 heterocycles. The first-order chi connectivity index (χ1) is 16.8. The monoisotopic (exact) mass is 481 g/mol. The van der Waals surface area contributed by atoms with Crippen LogP contribution >= 0.6 is 0 Å². The predicted molar refractivity (Wildman–Crippen MR) is 132 cm³/mol. The summed E-state index contributed by atoms with van der Waals surface area (Å²) >= 11 is 0. The Labute approximate surface area is 205 Å². The molecule has 0 aliphatic rings. The number of para-hydroxylation sites is 1. The fourth-order valence-electron chi connectivity index (χ4n) is 3.75. The van der Waals surface area contributed by atoms with E-state index in [0.717, 1.165) is 24.1 Å². The van der Waals surface area contributed by atoms with Gasteiger partial charge in [-0.3, -0.25) is 9.59 Å². The van der Waals surface area contributed by atoms with E-state index in [2.05, 4.69) is 20.6 Å². The predicted octanol–water partition coefficient (Wildman–Crippen LogP) is 3.26. The molecule has 0 spiro atoms. The smallest absolute Gasteiger partial charge is 0.272 e. The van der Waals surface area contributed by atoms with Crippen LogP contribution in [0.25, 0.3) is 5.69 Å². The zero-order chi connectivity index (χ0) is 25.4. The number of carbonyl (C=O) groups is 2. The van der Waals surface area contributed by atoms with Crippen molar-refractivity contribution in [2.75, 3.05) is 34.3 Å². The Morgan fingerprint density at radius 2 is 1.86 bits per heavy atom. The molecule has 0 bridgehead atoms. The van der Waals surface area contributed by atoms with Crippen LogP contribution in [0.3, 0.4) is 0 Å². The molecule has 0 saturated carbocycles. The molecule has 0 aliphatic carbocycles. The quantitative estimate of drug-likeness (QED) is 0.411. The Hall–Kier alpha value is -3.72. The van der Waals surface area contributed by atoms with Crippen molar-refractivity contribution in [1.82, 2.24) is 25.3 Å². The van der Waals surface area contributed by atoms with Crippen LogP contribution in [0.5, 0.6) is 5.88 Å². The van der Waals surface area contributed by atoms with Gasteiger partial charge in [0.25, 0.3) is 5.91 Å². The summed E-state index contributed by atoms with van der Waals surface area (Å²) in [5, 5.41) is 10.1. The molecule has 8 nitrogen and oxygen atoms in total. The van der Waals surface area contributed by atoms with Crippen LogP contribution in [-0.4, -0.2) is 60.8 Å². The van der Waals surface area contributed by atoms with Crippen molar-refractivity contribution >= 4 is 11.8 Å². The molecule has 1 aromatic heterocycles. The fraction of sp³-hybridized carbons (Fsp3) is 0.346. The molecule has 35 heavy (non-hydrogen) atoms. The first-order valence-electron chi connectivity index (χ1n) is 11.5. The van der Waals surface area contributed by atoms with Crippen molar-refractivity contribution < 1.29 is 18.7 Å². The molecule has 2 aromatic carbocycles. The number of halogens is 1. The molecule has 9 heteroatoms. The maximum atomic E-state index is 14.3. The van der Waals surface area contributed by atoms with Gasteiger partial charge in [0.15, 0.2) is 5.69 Å². The Kier molecular flexibility index (Phi) is 8.97. The van der Waals surface area contributed by atoms with Crippen LogP contribution in [0.4, 0.5) is 4.39 Å². The summed E-state index contributed by atoms with van der Waals surface area (Å²) in [6.07, 6.45) is 0.900. The summed E-state index contributed by atoms with van der Waals surface area (Å²) in [5.41, 5.74) is 2.00. The Morgan fingerprint density at radius 3 is 2.54 bits per heavy atom. The van der Waals surface area contributed by atoms with Crippen LogP contribution in [0, 0.1) is 12.7 Å². The van der Waals surface area contributed by atoms with Gasteiger partial charge >= 0.3 is 0 Å². The van der Waals surface area contributed by atoms with Gasteiger partial charge < -0.3 is 20.3 Å². The number of aryl methyl sites for hydroxylation is 1. The van der Waals surface area contributed by atoms with Crippen molar-refractivity contribution in [2.24, 2.45) is 0 Å². The number of rotatable bonds is 11. The summed E-state index contributed by atoms with van der Waals surface area (Å²) in [6, 6.07) is 14.6. The van der Waals surface area contributed by atoms with Gasteiger partial charge in [0, 0.05) is 12.6 Å². The second-order valence-electron chi connectivity index (χ2n) is 8.53. The van der Waals surface area contributed by atoms with Crippen molar-refractivity contribution in [3.63, 3.8) is 0 Å². The number of hydrogen-bond acceptors (Lipinski definition) is 5. The molecule has 3 aromatic rings. The van der Waals surface area contributed by atoms with E-state index < -0.39 is 17.8 Å². The summed E-state index contributed by atoms with van der Waals surface area (Å²) in [6.45, 7) is 3.35. The van der Waals surface area contributed by atoms with Crippen molar-refractivity contribution in [3.8, 4) is 11.6 Å². The van der Waals surface area contributed by atoms with E-state index in [4.69, 9.17) is 4.74 Å². The molecular weight excluding hydrogens is 449 g/mol. The Bertz CT molecular complexity index is 1160. The standard InChI is InChI=1S/C26H32FN5O3/c1-18-10-5-6-11-19(18)21(16-24(33)28-14-9-15-31(2)3)29-26(34)22-17-25(35-4)32(30-22)23-13-8-7-12-20(23)27/h5-8,10-13,17,21H,9,14-16H2,1-4H3,(H,28,33)(H,29,34)/t21-/m0/s1. The molecule has 0 aliphatic heterocycles. The van der Waals surface area contributed by atoms with Gasteiger partial charge in [-0.05, 0) is 57.2 Å². The lowest BCUT2D eigenvalue weighted by atomic mass is 9.98. The number of ether oxygens (including phenoxy) is 1. The van der Waals surface area contributed by atoms with Crippen LogP contribution < -0.4 is 15.4 Å². The van der Waals surface area contributed by atoms with Crippen molar-refractivity contribution in [3.05, 3.63) is 77.2 Å². The summed E-state index contributed by atoms with van der Waals surface area (Å²) in [7, 11) is 5.38. The zero-order valence-electron chi connectivity index (χ0n) is 20.5. The average Bonchev–Trinajstić information content (AvgIpc) is 3.26. The largest absolute Gasteiger partial charge is 0.481 e. The third-order valence-electron chi connectivity index (χ3n) is 5.56. The third kappa shape index (κ3) is 6.89. The molecule has 1 atom stereocenters. The van der Waals surface area contributed by atoms with Gasteiger partial charge in [-0.2, -0.15) is 9.78 Å². The topological polar surface area (TPSA) is 88.5 Å². The first kappa shape index (κ1) is 25.9. The van der Waals surface area contributed by atoms with Crippen LogP contribution in [0.2, 0.25) is 0 Å². The molecule has 2 N–H and O–H groups in total. The van der Waals surface area contributed by atoms with Crippen LogP contribution in [-0.2, 0) is 4.79 Å². The van der Waals surface area contributed by atoms with E-state index in [1.165, 1.54) is 23.9 Å². The number of nitrogens with one attached hydrogen (secondary N) is 2. The number of amides is 2. The Balaban J connectivity index is 1.80. The zero-order valence-corrected chi connectivity index (χ0v) is 20.5. The van der Waals surface area contributed by atoms with E-state index in [0.29, 0.717) is 6.54 Å². The van der Waals surface area contributed by atoms with E-state index >= 15 is 0 Å². The van der Waals surface area contributed by atoms with Gasteiger partial charge in [0.1, 0.15) is 11.5 Å². The highest BCUT2D eigenvalue weighted by Crippen LogP contribution is 2.24. The SMILES string of the molecule is COc1cc(C(=O)N[C@@H](CC(=O)NCCCN(C)C)c2ccccc2C)nn1-c1ccccc1F. The van der Waals surface area contributed by atoms with E-state index in [1.807, 2.05) is 45.3 Å². The maximum Gasteiger partial charge on any atom is 0.272 e. The molecule has 0 fully saturated rings. The van der Waals surface area contributed by atoms with E-state index in [1.54, 1.807) is 18.2 Å². The van der Waals surface area contributed by atoms with Crippen LogP contribution in [0.1, 0.15) is 40.5 Å². The lowest BCUT2D eigenvalue weighted by Crippen LogP contribution is -2.35. The summed E-state index contributed by atoms with van der Waals surface area (Å²) in [4.78, 5) is 27.9. The normalized spacial score (nSPS) is 11.8. The second kappa shape index (κ2) is 12.1. The number of methoxy groups -OCH3 is 1. The minimum Gasteiger partial charge on any atom is -0.481 e. The van der Waals surface area contributed by atoms with Gasteiger partial charge in [0.2, 0.25) is 11.8 Å². The highest BCUT2D eigenvalue weighted by Gasteiger charge is 2.24. The molecular formula is C26H32FN5O3. The number of aromatic nitrogens is 2. The lowest BCUT2D eigenvalue weighted by Gasteiger charge is -2.20. The van der Waals surface area contributed by atoms with Crippen LogP contribution in [0.15, 0.2) is 54.6 Å². The number of hydrogen-bond donors (Lipinski definition) is 2. The second-order valence-corrected chi connectivity index (χ2v) is 8.53. The van der Waals surface area contributed by atoms with E-state index in [9.17, 15) is 14.0 Å². The highest BCUT2D eigenvalue weighted by atomic mass is 19.1. The minimum atomic E-state index is -0.567. The van der Waals surface area contributed by atoms with Gasteiger partial charge in [-0.1, -0.05) is 36.4 Å². The van der Waals surface area contributed by atoms with Gasteiger partial charge in [-0.25, -0.2) is 4.39 Å². The number of nitrogens with zero attached hydrogens (tertiary/aromatic N) is 3. The molecule has 2 amide bonds. The third-order valence-corrected chi connectivity index (χ3v) is 5.56. The van der Waals surface area contributed by atoms with Gasteiger partial charge in [0.05, 0.1) is 19.6 Å². The molecule has 3 rings (SSSR count). The van der Waals surface area contributed by atoms with Crippen molar-refractivity contribution in [2.45, 2.75) is 25.8 Å².